The Bertz CT molecular complexity index is 1030. The number of benzene rings is 1. The quantitative estimate of drug-likeness (QED) is 0.437. The number of aromatic nitrogens is 2. The highest BCUT2D eigenvalue weighted by molar-refractivity contribution is 6.54. The summed E-state index contributed by atoms with van der Waals surface area (Å²) in [5.74, 6) is -0.258. The molecule has 0 radical (unpaired) electrons. The molecule has 0 aliphatic rings. The molecule has 3 rings (SSSR count). The van der Waals surface area contributed by atoms with E-state index in [9.17, 15) is 9.59 Å². The zero-order chi connectivity index (χ0) is 23.7. The predicted molar refractivity (Wildman–Crippen MR) is 127 cm³/mol. The fourth-order valence-corrected chi connectivity index (χ4v) is 3.11. The van der Waals surface area contributed by atoms with Gasteiger partial charge in [-0.15, -0.1) is 0 Å². The number of carbonyl (C=O) groups excluding carboxylic acids is 2. The fraction of sp³-hybridized carbons (Fsp3) is 0.238. The Kier molecular flexibility index (Phi) is 10.4. The van der Waals surface area contributed by atoms with E-state index in [-0.39, 0.29) is 25.3 Å². The van der Waals surface area contributed by atoms with Crippen molar-refractivity contribution in [1.29, 1.82) is 0 Å². The molecule has 0 saturated heterocycles. The number of anilines is 1. The Hall–Kier alpha value is -2.16. The van der Waals surface area contributed by atoms with Crippen molar-refractivity contribution in [2.75, 3.05) is 18.0 Å². The fourth-order valence-electron chi connectivity index (χ4n) is 2.47. The molecule has 0 aliphatic carbocycles. The second-order valence-electron chi connectivity index (χ2n) is 6.41. The molecule has 0 aliphatic heterocycles. The van der Waals surface area contributed by atoms with E-state index < -0.39 is 10.7 Å². The van der Waals surface area contributed by atoms with Crippen LogP contribution in [-0.2, 0) is 9.59 Å². The Morgan fingerprint density at radius 1 is 1.12 bits per heavy atom. The Balaban J connectivity index is 0.000000336. The molecule has 0 bridgehead atoms. The number of alkyl halides is 2. The van der Waals surface area contributed by atoms with Crippen LogP contribution in [0.2, 0.25) is 10.0 Å². The Labute approximate surface area is 205 Å². The Morgan fingerprint density at radius 2 is 1.81 bits per heavy atom. The molecule has 3 aromatic rings. The summed E-state index contributed by atoms with van der Waals surface area (Å²) in [5, 5.41) is 5.06. The smallest absolute Gasteiger partial charge is 0.260 e. The van der Waals surface area contributed by atoms with Gasteiger partial charge in [0.15, 0.2) is 10.6 Å². The molecule has 1 amide bonds. The molecule has 11 heteroatoms. The van der Waals surface area contributed by atoms with E-state index in [0.29, 0.717) is 17.1 Å². The minimum Gasteiger partial charge on any atom is -0.355 e. The number of hydrogen-bond acceptors (Lipinski definition) is 6. The first-order chi connectivity index (χ1) is 15.2. The molecule has 7 nitrogen and oxygen atoms in total. The summed E-state index contributed by atoms with van der Waals surface area (Å²) in [6.45, 7) is 1.92. The van der Waals surface area contributed by atoms with Crippen LogP contribution in [-0.4, -0.2) is 39.8 Å². The predicted octanol–water partition coefficient (Wildman–Crippen LogP) is 5.09. The molecule has 0 atom stereocenters. The van der Waals surface area contributed by atoms with Gasteiger partial charge in [-0.1, -0.05) is 57.6 Å². The van der Waals surface area contributed by atoms with Gasteiger partial charge in [0.2, 0.25) is 0 Å². The van der Waals surface area contributed by atoms with Crippen molar-refractivity contribution >= 4 is 63.8 Å². The van der Waals surface area contributed by atoms with Crippen molar-refractivity contribution in [3.8, 4) is 11.5 Å². The van der Waals surface area contributed by atoms with E-state index in [1.807, 2.05) is 25.1 Å². The van der Waals surface area contributed by atoms with Gasteiger partial charge in [-0.25, -0.2) is 0 Å². The van der Waals surface area contributed by atoms with Crippen molar-refractivity contribution in [2.24, 2.45) is 5.73 Å². The lowest BCUT2D eigenvalue weighted by atomic mass is 10.2. The maximum absolute atomic E-state index is 12.2. The van der Waals surface area contributed by atoms with Gasteiger partial charge in [0.25, 0.3) is 5.91 Å². The number of pyridine rings is 1. The van der Waals surface area contributed by atoms with Crippen molar-refractivity contribution < 1.29 is 14.1 Å². The molecule has 0 spiro atoms. The second kappa shape index (κ2) is 12.8. The minimum atomic E-state index is -1.25. The highest BCUT2D eigenvalue weighted by Gasteiger charge is 2.23. The normalized spacial score (nSPS) is 10.5. The molecule has 170 valence electrons. The van der Waals surface area contributed by atoms with E-state index in [1.165, 1.54) is 17.3 Å². The minimum absolute atomic E-state index is 0.0904. The third-order valence-corrected chi connectivity index (χ3v) is 5.43. The summed E-state index contributed by atoms with van der Waals surface area (Å²) in [7, 11) is 0. The zero-order valence-corrected chi connectivity index (χ0v) is 20.0. The molecule has 2 heterocycles. The van der Waals surface area contributed by atoms with Gasteiger partial charge in [-0.2, -0.15) is 0 Å². The highest BCUT2D eigenvalue weighted by Crippen LogP contribution is 2.24. The number of rotatable bonds is 7. The van der Waals surface area contributed by atoms with E-state index in [0.717, 1.165) is 15.6 Å². The molecule has 2 N–H and O–H groups in total. The summed E-state index contributed by atoms with van der Waals surface area (Å²) in [6, 6.07) is 10.4. The van der Waals surface area contributed by atoms with E-state index in [4.69, 9.17) is 56.7 Å². The van der Waals surface area contributed by atoms with Crippen LogP contribution in [0.4, 0.5) is 5.69 Å². The van der Waals surface area contributed by atoms with Crippen LogP contribution in [0, 0.1) is 6.92 Å². The summed E-state index contributed by atoms with van der Waals surface area (Å²) >= 11 is 22.8. The van der Waals surface area contributed by atoms with Crippen LogP contribution in [0.5, 0.6) is 0 Å². The SMILES string of the molecule is Cc1c(Cl)cccc1Cl.NCC(=O)CCN(C(=O)C(Cl)Cl)c1ccnc(-c2ccno2)c1. The lowest BCUT2D eigenvalue weighted by molar-refractivity contribution is -0.118. The van der Waals surface area contributed by atoms with Gasteiger partial charge < -0.3 is 15.2 Å². The van der Waals surface area contributed by atoms with Gasteiger partial charge in [-0.05, 0) is 36.8 Å². The number of halogens is 4. The number of Topliss-reactive ketones (excluding diaryl/α,β-unsaturated/α-hetero) is 1. The van der Waals surface area contributed by atoms with Crippen molar-refractivity contribution in [3.05, 3.63) is 64.4 Å². The van der Waals surface area contributed by atoms with Crippen LogP contribution < -0.4 is 10.6 Å². The number of carbonyl (C=O) groups is 2. The zero-order valence-electron chi connectivity index (χ0n) is 17.0. The molecule has 1 aromatic carbocycles. The van der Waals surface area contributed by atoms with Gasteiger partial charge in [0.1, 0.15) is 11.5 Å². The van der Waals surface area contributed by atoms with E-state index in [1.54, 1.807) is 18.2 Å². The van der Waals surface area contributed by atoms with Crippen LogP contribution in [0.3, 0.4) is 0 Å². The number of amides is 1. The third-order valence-electron chi connectivity index (χ3n) is 4.24. The molecule has 2 aromatic heterocycles. The van der Waals surface area contributed by atoms with Gasteiger partial charge in [-0.3, -0.25) is 14.6 Å². The van der Waals surface area contributed by atoms with Crippen molar-refractivity contribution in [2.45, 2.75) is 18.2 Å². The van der Waals surface area contributed by atoms with Gasteiger partial charge >= 0.3 is 0 Å². The molecular weight excluding hydrogens is 498 g/mol. The second-order valence-corrected chi connectivity index (χ2v) is 8.32. The van der Waals surface area contributed by atoms with E-state index >= 15 is 0 Å². The summed E-state index contributed by atoms with van der Waals surface area (Å²) in [6.07, 6.45) is 3.10. The average Bonchev–Trinajstić information content (AvgIpc) is 3.33. The third kappa shape index (κ3) is 7.46. The summed E-state index contributed by atoms with van der Waals surface area (Å²) in [5.41, 5.74) is 7.21. The number of nitrogens with zero attached hydrogens (tertiary/aromatic N) is 3. The largest absolute Gasteiger partial charge is 0.355 e. The van der Waals surface area contributed by atoms with Gasteiger partial charge in [0, 0.05) is 41.0 Å². The first-order valence-electron chi connectivity index (χ1n) is 9.33. The molecule has 0 unspecified atom stereocenters. The lowest BCUT2D eigenvalue weighted by Crippen LogP contribution is -2.37. The lowest BCUT2D eigenvalue weighted by Gasteiger charge is -2.23. The molecule has 0 saturated carbocycles. The van der Waals surface area contributed by atoms with Crippen LogP contribution in [0.15, 0.2) is 53.3 Å². The Morgan fingerprint density at radius 3 is 2.34 bits per heavy atom. The number of ketones is 1. The standard InChI is InChI=1S/C14H14Cl2N4O3.C7H6Cl2/c15-13(16)14(22)20(6-3-10(21)8-17)9-1-4-18-11(7-9)12-2-5-19-23-12;1-5-6(8)3-2-4-7(5)9/h1-2,4-5,7,13H,3,6,8,17H2;2-4H,1H3. The monoisotopic (exact) mass is 516 g/mol. The maximum Gasteiger partial charge on any atom is 0.260 e. The van der Waals surface area contributed by atoms with Crippen molar-refractivity contribution in [1.82, 2.24) is 10.1 Å². The number of hydrogen-bond donors (Lipinski definition) is 1. The first-order valence-corrected chi connectivity index (χ1v) is 11.0. The van der Waals surface area contributed by atoms with Crippen LogP contribution in [0.1, 0.15) is 12.0 Å². The first kappa shape index (κ1) is 26.1. The molecular formula is C21H20Cl4N4O3. The summed E-state index contributed by atoms with van der Waals surface area (Å²) < 4.78 is 5.04. The van der Waals surface area contributed by atoms with E-state index in [2.05, 4.69) is 10.1 Å². The topological polar surface area (TPSA) is 102 Å². The van der Waals surface area contributed by atoms with Crippen molar-refractivity contribution in [3.63, 3.8) is 0 Å². The molecule has 32 heavy (non-hydrogen) atoms. The number of nitrogens with two attached hydrogens (primary N) is 1. The van der Waals surface area contributed by atoms with Gasteiger partial charge in [0.05, 0.1) is 12.7 Å². The molecule has 0 fully saturated rings. The average molecular weight is 518 g/mol. The van der Waals surface area contributed by atoms with Crippen LogP contribution >= 0.6 is 46.4 Å². The summed E-state index contributed by atoms with van der Waals surface area (Å²) in [4.78, 5) is 27.9. The maximum atomic E-state index is 12.2. The van der Waals surface area contributed by atoms with Crippen LogP contribution in [0.25, 0.3) is 11.5 Å². The highest BCUT2D eigenvalue weighted by atomic mass is 35.5.